The predicted molar refractivity (Wildman–Crippen MR) is 98.1 cm³/mol. The summed E-state index contributed by atoms with van der Waals surface area (Å²) < 4.78 is 39.3. The van der Waals surface area contributed by atoms with Gasteiger partial charge in [0.2, 0.25) is 0 Å². The number of anilines is 1. The van der Waals surface area contributed by atoms with Gasteiger partial charge in [0.05, 0.1) is 29.0 Å². The lowest BCUT2D eigenvalue weighted by atomic mass is 10.1. The van der Waals surface area contributed by atoms with Crippen molar-refractivity contribution >= 4 is 23.4 Å². The molecule has 0 bridgehead atoms. The second-order valence-electron chi connectivity index (χ2n) is 5.82. The van der Waals surface area contributed by atoms with E-state index in [0.29, 0.717) is 16.8 Å². The van der Waals surface area contributed by atoms with Gasteiger partial charge in [-0.1, -0.05) is 29.8 Å². The second-order valence-corrected chi connectivity index (χ2v) is 6.23. The van der Waals surface area contributed by atoms with E-state index >= 15 is 0 Å². The number of benzene rings is 2. The number of aromatic nitrogens is 2. The summed E-state index contributed by atoms with van der Waals surface area (Å²) in [4.78, 5) is 20.7. The quantitative estimate of drug-likeness (QED) is 0.620. The van der Waals surface area contributed by atoms with E-state index in [1.165, 1.54) is 18.5 Å². The van der Waals surface area contributed by atoms with Crippen LogP contribution in [0.5, 0.6) is 0 Å². The Balaban J connectivity index is 1.94. The maximum Gasteiger partial charge on any atom is 0.417 e. The molecule has 2 aromatic carbocycles. The first-order chi connectivity index (χ1) is 13.3. The minimum Gasteiger partial charge on any atom is -0.465 e. The van der Waals surface area contributed by atoms with Gasteiger partial charge in [-0.3, -0.25) is 14.9 Å². The molecular formula is C19H13ClF3N3O2. The number of hydrogen-bond donors (Lipinski definition) is 1. The third kappa shape index (κ3) is 4.40. The summed E-state index contributed by atoms with van der Waals surface area (Å²) in [5.74, 6) is 0. The molecule has 3 aromatic rings. The van der Waals surface area contributed by atoms with Crippen LogP contribution in [0.2, 0.25) is 5.02 Å². The van der Waals surface area contributed by atoms with Gasteiger partial charge in [0.15, 0.2) is 0 Å². The zero-order chi connectivity index (χ0) is 20.3. The molecule has 0 radical (unpaired) electrons. The van der Waals surface area contributed by atoms with Crippen LogP contribution in [-0.4, -0.2) is 21.2 Å². The van der Waals surface area contributed by atoms with Gasteiger partial charge in [0.1, 0.15) is 0 Å². The smallest absolute Gasteiger partial charge is 0.417 e. The van der Waals surface area contributed by atoms with Crippen LogP contribution in [0, 0.1) is 0 Å². The lowest BCUT2D eigenvalue weighted by molar-refractivity contribution is -0.137. The van der Waals surface area contributed by atoms with Crippen molar-refractivity contribution in [1.82, 2.24) is 9.97 Å². The lowest BCUT2D eigenvalue weighted by Crippen LogP contribution is -2.29. The van der Waals surface area contributed by atoms with Gasteiger partial charge in [-0.2, -0.15) is 13.2 Å². The van der Waals surface area contributed by atoms with E-state index in [1.54, 1.807) is 30.5 Å². The van der Waals surface area contributed by atoms with E-state index in [0.717, 1.165) is 17.0 Å². The van der Waals surface area contributed by atoms with Crippen LogP contribution in [0.15, 0.2) is 61.1 Å². The zero-order valence-electron chi connectivity index (χ0n) is 14.2. The number of rotatable bonds is 4. The first-order valence-electron chi connectivity index (χ1n) is 7.98. The number of alkyl halides is 3. The summed E-state index contributed by atoms with van der Waals surface area (Å²) in [5.41, 5.74) is 0.662. The standard InChI is InChI=1S/C19H13ClF3N3O2/c20-16-5-4-14(9-15(16)19(21,22)23)26(18(27)28)11-12-2-1-3-13(8-12)17-10-24-6-7-25-17/h1-10H,11H2,(H,27,28). The van der Waals surface area contributed by atoms with Crippen LogP contribution in [0.1, 0.15) is 11.1 Å². The van der Waals surface area contributed by atoms with Gasteiger partial charge in [-0.25, -0.2) is 4.79 Å². The van der Waals surface area contributed by atoms with Crippen molar-refractivity contribution in [3.63, 3.8) is 0 Å². The van der Waals surface area contributed by atoms with E-state index in [2.05, 4.69) is 9.97 Å². The molecule has 0 spiro atoms. The molecule has 5 nitrogen and oxygen atoms in total. The van der Waals surface area contributed by atoms with Crippen molar-refractivity contribution in [3.8, 4) is 11.3 Å². The number of hydrogen-bond acceptors (Lipinski definition) is 3. The molecule has 0 unspecified atom stereocenters. The zero-order valence-corrected chi connectivity index (χ0v) is 14.9. The van der Waals surface area contributed by atoms with E-state index < -0.39 is 22.9 Å². The summed E-state index contributed by atoms with van der Waals surface area (Å²) in [6.45, 7) is -0.150. The molecule has 0 fully saturated rings. The monoisotopic (exact) mass is 407 g/mol. The fourth-order valence-electron chi connectivity index (χ4n) is 2.63. The van der Waals surface area contributed by atoms with Crippen LogP contribution in [-0.2, 0) is 12.7 Å². The largest absolute Gasteiger partial charge is 0.465 e. The Hall–Kier alpha value is -3.13. The van der Waals surface area contributed by atoms with Gasteiger partial charge < -0.3 is 5.11 Å². The van der Waals surface area contributed by atoms with Crippen molar-refractivity contribution in [3.05, 3.63) is 77.2 Å². The van der Waals surface area contributed by atoms with Crippen molar-refractivity contribution < 1.29 is 23.1 Å². The normalized spacial score (nSPS) is 11.3. The molecule has 0 aliphatic heterocycles. The molecule has 9 heteroatoms. The highest BCUT2D eigenvalue weighted by atomic mass is 35.5. The predicted octanol–water partition coefficient (Wildman–Crippen LogP) is 5.50. The van der Waals surface area contributed by atoms with Crippen molar-refractivity contribution in [1.29, 1.82) is 0 Å². The Bertz CT molecular complexity index is 997. The van der Waals surface area contributed by atoms with Crippen LogP contribution in [0.4, 0.5) is 23.7 Å². The highest BCUT2D eigenvalue weighted by Crippen LogP contribution is 2.37. The molecule has 0 aliphatic rings. The average Bonchev–Trinajstić information content (AvgIpc) is 2.66. The summed E-state index contributed by atoms with van der Waals surface area (Å²) in [5, 5.41) is 9.03. The summed E-state index contributed by atoms with van der Waals surface area (Å²) >= 11 is 5.62. The van der Waals surface area contributed by atoms with Gasteiger partial charge in [0, 0.05) is 23.6 Å². The van der Waals surface area contributed by atoms with Crippen LogP contribution in [0.3, 0.4) is 0 Å². The Morgan fingerprint density at radius 3 is 2.57 bits per heavy atom. The topological polar surface area (TPSA) is 66.3 Å². The Morgan fingerprint density at radius 2 is 1.93 bits per heavy atom. The fourth-order valence-corrected chi connectivity index (χ4v) is 2.85. The summed E-state index contributed by atoms with van der Waals surface area (Å²) in [6, 6.07) is 9.87. The number of amides is 1. The third-order valence-electron chi connectivity index (χ3n) is 3.92. The van der Waals surface area contributed by atoms with Gasteiger partial charge in [-0.15, -0.1) is 0 Å². The van der Waals surface area contributed by atoms with Gasteiger partial charge in [0.25, 0.3) is 0 Å². The molecular weight excluding hydrogens is 395 g/mol. The summed E-state index contributed by atoms with van der Waals surface area (Å²) in [7, 11) is 0. The first-order valence-corrected chi connectivity index (χ1v) is 8.36. The van der Waals surface area contributed by atoms with Crippen LogP contribution in [0.25, 0.3) is 11.3 Å². The Labute approximate surface area is 163 Å². The first kappa shape index (κ1) is 19.6. The summed E-state index contributed by atoms with van der Waals surface area (Å²) in [6.07, 6.45) is -1.47. The number of carbonyl (C=O) groups is 1. The maximum absolute atomic E-state index is 13.1. The highest BCUT2D eigenvalue weighted by molar-refractivity contribution is 6.31. The minimum absolute atomic E-state index is 0.130. The van der Waals surface area contributed by atoms with Gasteiger partial charge in [-0.05, 0) is 29.8 Å². The van der Waals surface area contributed by atoms with Crippen LogP contribution < -0.4 is 4.90 Å². The molecule has 144 valence electrons. The number of nitrogens with zero attached hydrogens (tertiary/aromatic N) is 3. The Kier molecular flexibility index (Phi) is 5.51. The van der Waals surface area contributed by atoms with Gasteiger partial charge >= 0.3 is 12.3 Å². The molecule has 0 saturated carbocycles. The molecule has 1 amide bonds. The lowest BCUT2D eigenvalue weighted by Gasteiger charge is -2.21. The van der Waals surface area contributed by atoms with Crippen molar-refractivity contribution in [2.75, 3.05) is 4.90 Å². The fraction of sp³-hybridized carbons (Fsp3) is 0.105. The van der Waals surface area contributed by atoms with E-state index in [9.17, 15) is 23.1 Å². The molecule has 0 saturated heterocycles. The van der Waals surface area contributed by atoms with E-state index in [-0.39, 0.29) is 12.2 Å². The van der Waals surface area contributed by atoms with Crippen LogP contribution >= 0.6 is 11.6 Å². The Morgan fingerprint density at radius 1 is 1.14 bits per heavy atom. The maximum atomic E-state index is 13.1. The third-order valence-corrected chi connectivity index (χ3v) is 4.25. The highest BCUT2D eigenvalue weighted by Gasteiger charge is 2.34. The number of halogens is 4. The number of carboxylic acid groups (broad SMARTS) is 1. The second kappa shape index (κ2) is 7.85. The molecule has 0 atom stereocenters. The van der Waals surface area contributed by atoms with Crippen molar-refractivity contribution in [2.24, 2.45) is 0 Å². The SMILES string of the molecule is O=C(O)N(Cc1cccc(-c2cnccn2)c1)c1ccc(Cl)c(C(F)(F)F)c1. The van der Waals surface area contributed by atoms with Crippen molar-refractivity contribution in [2.45, 2.75) is 12.7 Å². The molecule has 1 heterocycles. The van der Waals surface area contributed by atoms with E-state index in [1.807, 2.05) is 0 Å². The molecule has 1 N–H and O–H groups in total. The molecule has 28 heavy (non-hydrogen) atoms. The minimum atomic E-state index is -4.69. The molecule has 3 rings (SSSR count). The average molecular weight is 408 g/mol. The molecule has 0 aliphatic carbocycles. The molecule has 1 aromatic heterocycles. The van der Waals surface area contributed by atoms with E-state index in [4.69, 9.17) is 11.6 Å².